The van der Waals surface area contributed by atoms with E-state index in [1.165, 1.54) is 0 Å². The molecule has 0 radical (unpaired) electrons. The van der Waals surface area contributed by atoms with Gasteiger partial charge < -0.3 is 5.73 Å². The van der Waals surface area contributed by atoms with Gasteiger partial charge in [0.15, 0.2) is 0 Å². The Morgan fingerprint density at radius 3 is 2.10 bits per heavy atom. The highest BCUT2D eigenvalue weighted by Crippen LogP contribution is 2.52. The Kier molecular flexibility index (Phi) is 1.48. The molecule has 2 nitrogen and oxygen atoms in total. The first-order valence-electron chi connectivity index (χ1n) is 3.65. The molecule has 10 heavy (non-hydrogen) atoms. The van der Waals surface area contributed by atoms with Crippen LogP contribution in [0.15, 0.2) is 0 Å². The molecular formula is C8H14N2. The number of hydrogen-bond donors (Lipinski definition) is 1. The summed E-state index contributed by atoms with van der Waals surface area (Å²) < 4.78 is 0. The molecule has 1 saturated carbocycles. The monoisotopic (exact) mass is 138 g/mol. The first-order chi connectivity index (χ1) is 4.54. The van der Waals surface area contributed by atoms with E-state index in [-0.39, 0.29) is 5.41 Å². The van der Waals surface area contributed by atoms with E-state index in [1.807, 2.05) is 0 Å². The molecule has 2 heteroatoms. The van der Waals surface area contributed by atoms with Crippen LogP contribution in [-0.2, 0) is 0 Å². The van der Waals surface area contributed by atoms with E-state index in [1.54, 1.807) is 0 Å². The lowest BCUT2D eigenvalue weighted by Gasteiger charge is -2.48. The van der Waals surface area contributed by atoms with Gasteiger partial charge in [0.25, 0.3) is 0 Å². The molecule has 1 aliphatic rings. The lowest BCUT2D eigenvalue weighted by molar-refractivity contribution is 0.0435. The summed E-state index contributed by atoms with van der Waals surface area (Å²) in [6.45, 7) is 4.88. The van der Waals surface area contributed by atoms with Gasteiger partial charge in [-0.3, -0.25) is 0 Å². The number of nitriles is 1. The van der Waals surface area contributed by atoms with Crippen LogP contribution in [0, 0.1) is 22.2 Å². The van der Waals surface area contributed by atoms with Crippen molar-refractivity contribution >= 4 is 0 Å². The standard InChI is InChI=1S/C8H14N2/c1-7(2)3-8(4-7,5-9)6-10/h3-5,9H2,1-2H3. The van der Waals surface area contributed by atoms with Crippen LogP contribution in [0.2, 0.25) is 0 Å². The van der Waals surface area contributed by atoms with Gasteiger partial charge in [0.1, 0.15) is 0 Å². The Morgan fingerprint density at radius 1 is 1.50 bits per heavy atom. The van der Waals surface area contributed by atoms with Gasteiger partial charge in [-0.15, -0.1) is 0 Å². The summed E-state index contributed by atoms with van der Waals surface area (Å²) in [5, 5.41) is 8.74. The summed E-state index contributed by atoms with van der Waals surface area (Å²) in [5.74, 6) is 0. The summed E-state index contributed by atoms with van der Waals surface area (Å²) in [7, 11) is 0. The van der Waals surface area contributed by atoms with E-state index in [4.69, 9.17) is 11.0 Å². The van der Waals surface area contributed by atoms with Crippen molar-refractivity contribution in [2.24, 2.45) is 16.6 Å². The zero-order chi connectivity index (χ0) is 7.83. The van der Waals surface area contributed by atoms with Gasteiger partial charge in [0.05, 0.1) is 11.5 Å². The third kappa shape index (κ3) is 1.02. The normalized spacial score (nSPS) is 26.6. The van der Waals surface area contributed by atoms with Crippen molar-refractivity contribution in [3.63, 3.8) is 0 Å². The number of rotatable bonds is 1. The second kappa shape index (κ2) is 1.96. The number of hydrogen-bond acceptors (Lipinski definition) is 2. The fourth-order valence-electron chi connectivity index (χ4n) is 2.05. The van der Waals surface area contributed by atoms with Crippen LogP contribution in [0.3, 0.4) is 0 Å². The maximum Gasteiger partial charge on any atom is 0.0706 e. The molecule has 0 atom stereocenters. The minimum absolute atomic E-state index is 0.177. The zero-order valence-electron chi connectivity index (χ0n) is 6.65. The number of nitrogens with zero attached hydrogens (tertiary/aromatic N) is 1. The fourth-order valence-corrected chi connectivity index (χ4v) is 2.05. The average Bonchev–Trinajstić information content (AvgIpc) is 1.82. The second-order valence-electron chi connectivity index (χ2n) is 4.11. The molecule has 0 amide bonds. The maximum absolute atomic E-state index is 8.74. The molecule has 56 valence electrons. The summed E-state index contributed by atoms with van der Waals surface area (Å²) in [6, 6.07) is 2.30. The highest BCUT2D eigenvalue weighted by atomic mass is 14.7. The quantitative estimate of drug-likeness (QED) is 0.593. The van der Waals surface area contributed by atoms with Crippen molar-refractivity contribution in [2.45, 2.75) is 26.7 Å². The van der Waals surface area contributed by atoms with E-state index in [2.05, 4.69) is 19.9 Å². The van der Waals surface area contributed by atoms with Crippen molar-refractivity contribution in [3.05, 3.63) is 0 Å². The van der Waals surface area contributed by atoms with Crippen molar-refractivity contribution in [3.8, 4) is 6.07 Å². The predicted octanol–water partition coefficient (Wildman–Crippen LogP) is 1.28. The third-order valence-corrected chi connectivity index (χ3v) is 2.26. The molecule has 0 saturated heterocycles. The van der Waals surface area contributed by atoms with Crippen LogP contribution < -0.4 is 5.73 Å². The van der Waals surface area contributed by atoms with Gasteiger partial charge in [-0.1, -0.05) is 13.8 Å². The van der Waals surface area contributed by atoms with Gasteiger partial charge in [0.2, 0.25) is 0 Å². The van der Waals surface area contributed by atoms with Crippen molar-refractivity contribution in [1.82, 2.24) is 0 Å². The van der Waals surface area contributed by atoms with Crippen LogP contribution in [0.25, 0.3) is 0 Å². The maximum atomic E-state index is 8.74. The van der Waals surface area contributed by atoms with Crippen molar-refractivity contribution in [2.75, 3.05) is 6.54 Å². The summed E-state index contributed by atoms with van der Waals surface area (Å²) in [4.78, 5) is 0. The van der Waals surface area contributed by atoms with Crippen LogP contribution in [-0.4, -0.2) is 6.54 Å². The summed E-state index contributed by atoms with van der Waals surface area (Å²) in [5.41, 5.74) is 5.66. The van der Waals surface area contributed by atoms with Gasteiger partial charge in [-0.25, -0.2) is 0 Å². The molecule has 2 N–H and O–H groups in total. The zero-order valence-corrected chi connectivity index (χ0v) is 6.65. The molecule has 0 bridgehead atoms. The largest absolute Gasteiger partial charge is 0.329 e. The summed E-state index contributed by atoms with van der Waals surface area (Å²) >= 11 is 0. The molecular weight excluding hydrogens is 124 g/mol. The van der Waals surface area contributed by atoms with E-state index >= 15 is 0 Å². The van der Waals surface area contributed by atoms with Crippen molar-refractivity contribution < 1.29 is 0 Å². The Labute approximate surface area is 62.0 Å². The lowest BCUT2D eigenvalue weighted by Crippen LogP contribution is -2.46. The highest BCUT2D eigenvalue weighted by molar-refractivity contribution is 5.11. The van der Waals surface area contributed by atoms with Crippen LogP contribution in [0.4, 0.5) is 0 Å². The minimum atomic E-state index is -0.177. The minimum Gasteiger partial charge on any atom is -0.329 e. The highest BCUT2D eigenvalue weighted by Gasteiger charge is 2.48. The molecule has 0 unspecified atom stereocenters. The van der Waals surface area contributed by atoms with Crippen molar-refractivity contribution in [1.29, 1.82) is 5.26 Å². The second-order valence-corrected chi connectivity index (χ2v) is 4.11. The SMILES string of the molecule is CC1(C)CC(C#N)(CN)C1. The van der Waals surface area contributed by atoms with Gasteiger partial charge in [0, 0.05) is 6.54 Å². The van der Waals surface area contributed by atoms with E-state index in [9.17, 15) is 0 Å². The molecule has 0 spiro atoms. The average molecular weight is 138 g/mol. The third-order valence-electron chi connectivity index (χ3n) is 2.26. The predicted molar refractivity (Wildman–Crippen MR) is 40.1 cm³/mol. The van der Waals surface area contributed by atoms with E-state index in [0.29, 0.717) is 12.0 Å². The first-order valence-corrected chi connectivity index (χ1v) is 3.65. The van der Waals surface area contributed by atoms with Gasteiger partial charge in [-0.05, 0) is 18.3 Å². The molecule has 0 heterocycles. The molecule has 1 aliphatic carbocycles. The summed E-state index contributed by atoms with van der Waals surface area (Å²) in [6.07, 6.45) is 1.93. The molecule has 0 aromatic carbocycles. The van der Waals surface area contributed by atoms with Gasteiger partial charge >= 0.3 is 0 Å². The first kappa shape index (κ1) is 7.56. The Morgan fingerprint density at radius 2 is 2.00 bits per heavy atom. The Bertz CT molecular complexity index is 168. The number of nitrogens with two attached hydrogens (primary N) is 1. The topological polar surface area (TPSA) is 49.8 Å². The Balaban J connectivity index is 2.57. The van der Waals surface area contributed by atoms with Gasteiger partial charge in [-0.2, -0.15) is 5.26 Å². The fraction of sp³-hybridized carbons (Fsp3) is 0.875. The van der Waals surface area contributed by atoms with E-state index < -0.39 is 0 Å². The van der Waals surface area contributed by atoms with Crippen LogP contribution >= 0.6 is 0 Å². The Hall–Kier alpha value is -0.550. The van der Waals surface area contributed by atoms with E-state index in [0.717, 1.165) is 12.8 Å². The smallest absolute Gasteiger partial charge is 0.0706 e. The molecule has 1 fully saturated rings. The molecule has 0 aliphatic heterocycles. The lowest BCUT2D eigenvalue weighted by atomic mass is 9.55. The molecule has 0 aromatic rings. The van der Waals surface area contributed by atoms with Crippen LogP contribution in [0.5, 0.6) is 0 Å². The molecule has 1 rings (SSSR count). The molecule has 0 aromatic heterocycles. The van der Waals surface area contributed by atoms with Crippen LogP contribution in [0.1, 0.15) is 26.7 Å².